The van der Waals surface area contributed by atoms with E-state index in [0.29, 0.717) is 0 Å². The van der Waals surface area contributed by atoms with Gasteiger partial charge < -0.3 is 5.32 Å². The van der Waals surface area contributed by atoms with E-state index in [0.717, 1.165) is 24.0 Å². The van der Waals surface area contributed by atoms with Crippen molar-refractivity contribution in [3.05, 3.63) is 30.6 Å². The van der Waals surface area contributed by atoms with Crippen LogP contribution in [-0.2, 0) is 4.79 Å². The molecule has 0 aliphatic heterocycles. The Bertz CT molecular complexity index is 555. The lowest BCUT2D eigenvalue weighted by Crippen LogP contribution is -2.24. The molecule has 0 bridgehead atoms. The SMILES string of the molecule is O=C(Nc1ccn2nccc2c1)C1CCCCC1. The van der Waals surface area contributed by atoms with Crippen molar-refractivity contribution in [3.63, 3.8) is 0 Å². The van der Waals surface area contributed by atoms with Gasteiger partial charge in [0, 0.05) is 24.0 Å². The van der Waals surface area contributed by atoms with Crippen LogP contribution >= 0.6 is 0 Å². The third kappa shape index (κ3) is 2.23. The highest BCUT2D eigenvalue weighted by Gasteiger charge is 2.20. The van der Waals surface area contributed by atoms with Gasteiger partial charge in [-0.15, -0.1) is 0 Å². The number of anilines is 1. The Balaban J connectivity index is 1.72. The van der Waals surface area contributed by atoms with Gasteiger partial charge in [-0.3, -0.25) is 4.79 Å². The molecule has 0 aromatic carbocycles. The summed E-state index contributed by atoms with van der Waals surface area (Å²) in [4.78, 5) is 12.1. The molecule has 1 N–H and O–H groups in total. The number of rotatable bonds is 2. The molecule has 1 aliphatic rings. The topological polar surface area (TPSA) is 46.4 Å². The van der Waals surface area contributed by atoms with E-state index in [1.165, 1.54) is 19.3 Å². The van der Waals surface area contributed by atoms with Gasteiger partial charge in [0.2, 0.25) is 5.91 Å². The fourth-order valence-corrected chi connectivity index (χ4v) is 2.61. The van der Waals surface area contributed by atoms with E-state index in [2.05, 4.69) is 10.4 Å². The molecule has 2 aromatic rings. The van der Waals surface area contributed by atoms with Gasteiger partial charge in [0.1, 0.15) is 0 Å². The van der Waals surface area contributed by atoms with Crippen LogP contribution in [0, 0.1) is 5.92 Å². The first-order valence-corrected chi connectivity index (χ1v) is 6.57. The molecule has 4 nitrogen and oxygen atoms in total. The molecule has 3 rings (SSSR count). The standard InChI is InChI=1S/C14H17N3O/c18-14(11-4-2-1-3-5-11)16-12-7-9-17-13(10-12)6-8-15-17/h6-11H,1-5H2,(H,16,18). The lowest BCUT2D eigenvalue weighted by atomic mass is 9.88. The van der Waals surface area contributed by atoms with E-state index in [1.54, 1.807) is 10.7 Å². The number of nitrogens with one attached hydrogen (secondary N) is 1. The van der Waals surface area contributed by atoms with Crippen molar-refractivity contribution in [3.8, 4) is 0 Å². The van der Waals surface area contributed by atoms with Crippen LogP contribution in [-0.4, -0.2) is 15.5 Å². The highest BCUT2D eigenvalue weighted by atomic mass is 16.1. The fourth-order valence-electron chi connectivity index (χ4n) is 2.61. The molecule has 1 fully saturated rings. The van der Waals surface area contributed by atoms with E-state index >= 15 is 0 Å². The first kappa shape index (κ1) is 11.3. The average molecular weight is 243 g/mol. The van der Waals surface area contributed by atoms with Crippen molar-refractivity contribution in [1.82, 2.24) is 9.61 Å². The summed E-state index contributed by atoms with van der Waals surface area (Å²) in [6.45, 7) is 0. The molecule has 0 spiro atoms. The van der Waals surface area contributed by atoms with Crippen molar-refractivity contribution >= 4 is 17.1 Å². The summed E-state index contributed by atoms with van der Waals surface area (Å²) in [5.41, 5.74) is 1.86. The monoisotopic (exact) mass is 243 g/mol. The molecule has 4 heteroatoms. The van der Waals surface area contributed by atoms with Crippen molar-refractivity contribution in [2.24, 2.45) is 5.92 Å². The molecule has 94 valence electrons. The first-order valence-electron chi connectivity index (χ1n) is 6.57. The molecule has 1 saturated carbocycles. The van der Waals surface area contributed by atoms with Crippen LogP contribution in [0.4, 0.5) is 5.69 Å². The van der Waals surface area contributed by atoms with Gasteiger partial charge in [0.15, 0.2) is 0 Å². The number of amides is 1. The van der Waals surface area contributed by atoms with Crippen LogP contribution in [0.25, 0.3) is 5.52 Å². The molecule has 18 heavy (non-hydrogen) atoms. The highest BCUT2D eigenvalue weighted by molar-refractivity contribution is 5.93. The molecule has 2 aromatic heterocycles. The fraction of sp³-hybridized carbons (Fsp3) is 0.429. The van der Waals surface area contributed by atoms with Crippen molar-refractivity contribution < 1.29 is 4.79 Å². The number of carbonyl (C=O) groups is 1. The van der Waals surface area contributed by atoms with Gasteiger partial charge in [-0.25, -0.2) is 4.52 Å². The van der Waals surface area contributed by atoms with Gasteiger partial charge in [0.05, 0.1) is 5.52 Å². The Morgan fingerprint density at radius 1 is 1.28 bits per heavy atom. The van der Waals surface area contributed by atoms with E-state index in [4.69, 9.17) is 0 Å². The van der Waals surface area contributed by atoms with Crippen LogP contribution in [0.3, 0.4) is 0 Å². The summed E-state index contributed by atoms with van der Waals surface area (Å²) in [5, 5.41) is 7.15. The maximum atomic E-state index is 12.1. The van der Waals surface area contributed by atoms with Gasteiger partial charge in [0.25, 0.3) is 0 Å². The summed E-state index contributed by atoms with van der Waals surface area (Å²) in [6.07, 6.45) is 9.31. The van der Waals surface area contributed by atoms with Crippen molar-refractivity contribution in [1.29, 1.82) is 0 Å². The zero-order chi connectivity index (χ0) is 12.4. The van der Waals surface area contributed by atoms with E-state index in [1.807, 2.05) is 24.4 Å². The van der Waals surface area contributed by atoms with Crippen LogP contribution < -0.4 is 5.32 Å². The molecule has 0 unspecified atom stereocenters. The van der Waals surface area contributed by atoms with E-state index < -0.39 is 0 Å². The smallest absolute Gasteiger partial charge is 0.227 e. The number of nitrogens with zero attached hydrogens (tertiary/aromatic N) is 2. The molecular formula is C14H17N3O. The Hall–Kier alpha value is -1.84. The Morgan fingerprint density at radius 3 is 2.94 bits per heavy atom. The van der Waals surface area contributed by atoms with Gasteiger partial charge in [-0.2, -0.15) is 5.10 Å². The zero-order valence-corrected chi connectivity index (χ0v) is 10.3. The van der Waals surface area contributed by atoms with E-state index in [-0.39, 0.29) is 11.8 Å². The molecule has 0 radical (unpaired) electrons. The minimum atomic E-state index is 0.165. The second-order valence-electron chi connectivity index (χ2n) is 4.94. The number of carbonyl (C=O) groups excluding carboxylic acids is 1. The summed E-state index contributed by atoms with van der Waals surface area (Å²) < 4.78 is 1.79. The van der Waals surface area contributed by atoms with Gasteiger partial charge in [-0.05, 0) is 31.0 Å². The predicted octanol–water partition coefficient (Wildman–Crippen LogP) is 2.85. The Labute approximate surface area is 106 Å². The third-order valence-electron chi connectivity index (χ3n) is 3.64. The minimum absolute atomic E-state index is 0.165. The third-order valence-corrected chi connectivity index (χ3v) is 3.64. The Kier molecular flexibility index (Phi) is 3.00. The summed E-state index contributed by atoms with van der Waals surface area (Å²) in [5.74, 6) is 0.360. The van der Waals surface area contributed by atoms with Crippen LogP contribution in [0.1, 0.15) is 32.1 Å². The average Bonchev–Trinajstić information content (AvgIpc) is 2.87. The lowest BCUT2D eigenvalue weighted by Gasteiger charge is -2.20. The second kappa shape index (κ2) is 4.80. The maximum Gasteiger partial charge on any atom is 0.227 e. The predicted molar refractivity (Wildman–Crippen MR) is 70.4 cm³/mol. The van der Waals surface area contributed by atoms with E-state index in [9.17, 15) is 4.79 Å². The number of hydrogen-bond donors (Lipinski definition) is 1. The normalized spacial score (nSPS) is 16.9. The van der Waals surface area contributed by atoms with Gasteiger partial charge >= 0.3 is 0 Å². The molecule has 1 aliphatic carbocycles. The quantitative estimate of drug-likeness (QED) is 0.881. The molecule has 0 saturated heterocycles. The minimum Gasteiger partial charge on any atom is -0.326 e. The lowest BCUT2D eigenvalue weighted by molar-refractivity contribution is -0.120. The number of aromatic nitrogens is 2. The number of pyridine rings is 1. The summed E-state index contributed by atoms with van der Waals surface area (Å²) >= 11 is 0. The zero-order valence-electron chi connectivity index (χ0n) is 10.3. The van der Waals surface area contributed by atoms with Gasteiger partial charge in [-0.1, -0.05) is 19.3 Å². The maximum absolute atomic E-state index is 12.1. The first-order chi connectivity index (χ1) is 8.83. The molecular weight excluding hydrogens is 226 g/mol. The van der Waals surface area contributed by atoms with Crippen LogP contribution in [0.5, 0.6) is 0 Å². The summed E-state index contributed by atoms with van der Waals surface area (Å²) in [7, 11) is 0. The molecule has 1 amide bonds. The van der Waals surface area contributed by atoms with Crippen LogP contribution in [0.2, 0.25) is 0 Å². The van der Waals surface area contributed by atoms with Crippen molar-refractivity contribution in [2.75, 3.05) is 5.32 Å². The second-order valence-corrected chi connectivity index (χ2v) is 4.94. The Morgan fingerprint density at radius 2 is 2.11 bits per heavy atom. The highest BCUT2D eigenvalue weighted by Crippen LogP contribution is 2.25. The van der Waals surface area contributed by atoms with Crippen LogP contribution in [0.15, 0.2) is 30.6 Å². The summed E-state index contributed by atoms with van der Waals surface area (Å²) in [6, 6.07) is 5.77. The van der Waals surface area contributed by atoms with Crippen molar-refractivity contribution in [2.45, 2.75) is 32.1 Å². The largest absolute Gasteiger partial charge is 0.326 e. The number of fused-ring (bicyclic) bond motifs is 1. The molecule has 2 heterocycles. The molecule has 0 atom stereocenters. The number of hydrogen-bond acceptors (Lipinski definition) is 2.